The summed E-state index contributed by atoms with van der Waals surface area (Å²) in [5.41, 5.74) is 5.32. The molecule has 0 aliphatic heterocycles. The van der Waals surface area contributed by atoms with Crippen molar-refractivity contribution in [1.82, 2.24) is 4.72 Å². The van der Waals surface area contributed by atoms with Gasteiger partial charge in [-0.15, -0.1) is 0 Å². The van der Waals surface area contributed by atoms with Gasteiger partial charge in [0.2, 0.25) is 15.9 Å². The van der Waals surface area contributed by atoms with Gasteiger partial charge in [-0.2, -0.15) is 0 Å². The summed E-state index contributed by atoms with van der Waals surface area (Å²) in [6.07, 6.45) is 1.59. The summed E-state index contributed by atoms with van der Waals surface area (Å²) in [5, 5.41) is 0. The molecule has 0 saturated heterocycles. The maximum absolute atomic E-state index is 15.0. The fourth-order valence-electron chi connectivity index (χ4n) is 4.90. The van der Waals surface area contributed by atoms with Crippen molar-refractivity contribution in [1.29, 1.82) is 0 Å². The van der Waals surface area contributed by atoms with Crippen LogP contribution in [0.4, 0.5) is 13.2 Å². The number of hydrogen-bond donors (Lipinski definition) is 2. The molecule has 4 rings (SSSR count). The first-order valence-electron chi connectivity index (χ1n) is 11.7. The zero-order valence-corrected chi connectivity index (χ0v) is 21.0. The van der Waals surface area contributed by atoms with Gasteiger partial charge in [-0.05, 0) is 66.6 Å². The summed E-state index contributed by atoms with van der Waals surface area (Å²) in [6.45, 7) is -0.0121. The van der Waals surface area contributed by atoms with E-state index in [1.54, 1.807) is 24.3 Å². The first kappa shape index (κ1) is 26.7. The van der Waals surface area contributed by atoms with Gasteiger partial charge < -0.3 is 10.5 Å². The van der Waals surface area contributed by atoms with Gasteiger partial charge in [-0.25, -0.2) is 26.3 Å². The molecule has 196 valence electrons. The van der Waals surface area contributed by atoms with Crippen molar-refractivity contribution in [3.05, 3.63) is 89.2 Å². The quantitative estimate of drug-likeness (QED) is 0.425. The molecule has 0 radical (unpaired) electrons. The minimum absolute atomic E-state index is 0.0121. The molecule has 1 aliphatic rings. The Kier molecular flexibility index (Phi) is 7.61. The minimum atomic E-state index is -3.51. The fourth-order valence-corrected chi connectivity index (χ4v) is 5.71. The SMILES string of the molecule is CS(=O)(=O)N[C@H]1CC[C@](Cc2cc(-c3c(F)ccc(F)c3OCc3ccccc3)ccc2F)(C(N)=O)C1. The van der Waals surface area contributed by atoms with E-state index in [1.165, 1.54) is 12.1 Å². The lowest BCUT2D eigenvalue weighted by Crippen LogP contribution is -2.40. The van der Waals surface area contributed by atoms with Crippen molar-refractivity contribution < 1.29 is 31.1 Å². The molecule has 0 aromatic heterocycles. The number of sulfonamides is 1. The van der Waals surface area contributed by atoms with Crippen LogP contribution in [0.5, 0.6) is 5.75 Å². The summed E-state index contributed by atoms with van der Waals surface area (Å²) < 4.78 is 76.2. The highest BCUT2D eigenvalue weighted by Crippen LogP contribution is 2.43. The highest BCUT2D eigenvalue weighted by Gasteiger charge is 2.45. The Morgan fingerprint density at radius 1 is 1.05 bits per heavy atom. The summed E-state index contributed by atoms with van der Waals surface area (Å²) in [6, 6.07) is 14.1. The summed E-state index contributed by atoms with van der Waals surface area (Å²) in [7, 11) is -3.51. The second-order valence-electron chi connectivity index (χ2n) is 9.46. The Bertz CT molecular complexity index is 1420. The van der Waals surface area contributed by atoms with Crippen molar-refractivity contribution in [2.75, 3.05) is 6.26 Å². The number of halogens is 3. The molecule has 10 heteroatoms. The molecule has 3 aromatic rings. The number of ether oxygens (including phenoxy) is 1. The lowest BCUT2D eigenvalue weighted by Gasteiger charge is -2.26. The first-order valence-corrected chi connectivity index (χ1v) is 13.6. The van der Waals surface area contributed by atoms with E-state index in [1.807, 2.05) is 6.07 Å². The van der Waals surface area contributed by atoms with E-state index in [4.69, 9.17) is 10.5 Å². The van der Waals surface area contributed by atoms with Crippen LogP contribution in [0.25, 0.3) is 11.1 Å². The largest absolute Gasteiger partial charge is 0.485 e. The van der Waals surface area contributed by atoms with Crippen molar-refractivity contribution in [2.45, 2.75) is 38.3 Å². The minimum Gasteiger partial charge on any atom is -0.485 e. The molecule has 0 heterocycles. The van der Waals surface area contributed by atoms with Gasteiger partial charge in [-0.1, -0.05) is 36.4 Å². The standard InChI is InChI=1S/C27H27F3N2O4S/c1-37(34,35)32-20-11-12-27(15-20,26(31)33)14-19-13-18(7-8-21(19)28)24-22(29)9-10-23(30)25(24)36-16-17-5-3-2-4-6-17/h2-10,13,20,32H,11-12,14-16H2,1H3,(H2,31,33)/t20-,27+/m0/s1. The van der Waals surface area contributed by atoms with Crippen LogP contribution in [-0.2, 0) is 27.8 Å². The normalized spacial score (nSPS) is 19.6. The second-order valence-corrected chi connectivity index (χ2v) is 11.2. The maximum atomic E-state index is 15.0. The van der Waals surface area contributed by atoms with E-state index in [2.05, 4.69) is 4.72 Å². The smallest absolute Gasteiger partial charge is 0.224 e. The fraction of sp³-hybridized carbons (Fsp3) is 0.296. The number of nitrogens with two attached hydrogens (primary N) is 1. The highest BCUT2D eigenvalue weighted by molar-refractivity contribution is 7.88. The molecule has 0 spiro atoms. The van der Waals surface area contributed by atoms with E-state index < -0.39 is 44.8 Å². The van der Waals surface area contributed by atoms with Crippen LogP contribution in [0.3, 0.4) is 0 Å². The van der Waals surface area contributed by atoms with Gasteiger partial charge in [-0.3, -0.25) is 4.79 Å². The van der Waals surface area contributed by atoms with E-state index in [9.17, 15) is 22.0 Å². The van der Waals surface area contributed by atoms with E-state index >= 15 is 4.39 Å². The molecule has 3 aromatic carbocycles. The third kappa shape index (κ3) is 6.14. The third-order valence-corrected chi connectivity index (χ3v) is 7.42. The molecular formula is C27H27F3N2O4S. The summed E-state index contributed by atoms with van der Waals surface area (Å²) in [4.78, 5) is 12.5. The Balaban J connectivity index is 1.67. The molecule has 2 atom stereocenters. The molecule has 3 N–H and O–H groups in total. The van der Waals surface area contributed by atoms with Crippen LogP contribution in [-0.4, -0.2) is 26.6 Å². The number of amides is 1. The predicted octanol–water partition coefficient (Wildman–Crippen LogP) is 4.47. The number of carbonyl (C=O) groups excluding carboxylic acids is 1. The van der Waals surface area contributed by atoms with Crippen LogP contribution in [0.15, 0.2) is 60.7 Å². The van der Waals surface area contributed by atoms with E-state index in [0.29, 0.717) is 6.42 Å². The van der Waals surface area contributed by atoms with Crippen molar-refractivity contribution in [3.63, 3.8) is 0 Å². The van der Waals surface area contributed by atoms with Crippen molar-refractivity contribution >= 4 is 15.9 Å². The monoisotopic (exact) mass is 532 g/mol. The van der Waals surface area contributed by atoms with Crippen LogP contribution < -0.4 is 15.2 Å². The molecule has 1 fully saturated rings. The molecule has 1 aliphatic carbocycles. The van der Waals surface area contributed by atoms with Gasteiger partial charge in [0.1, 0.15) is 18.2 Å². The molecular weight excluding hydrogens is 505 g/mol. The summed E-state index contributed by atoms with van der Waals surface area (Å²) >= 11 is 0. The highest BCUT2D eigenvalue weighted by atomic mass is 32.2. The van der Waals surface area contributed by atoms with E-state index in [-0.39, 0.29) is 48.3 Å². The Morgan fingerprint density at radius 3 is 2.41 bits per heavy atom. The summed E-state index contributed by atoms with van der Waals surface area (Å²) in [5.74, 6) is -3.18. The maximum Gasteiger partial charge on any atom is 0.224 e. The Hall–Kier alpha value is -3.37. The number of hydrogen-bond acceptors (Lipinski definition) is 4. The molecule has 6 nitrogen and oxygen atoms in total. The molecule has 0 unspecified atom stereocenters. The van der Waals surface area contributed by atoms with Crippen LogP contribution in [0, 0.1) is 22.9 Å². The average Bonchev–Trinajstić information content (AvgIpc) is 3.24. The van der Waals surface area contributed by atoms with Gasteiger partial charge in [0, 0.05) is 6.04 Å². The van der Waals surface area contributed by atoms with E-state index in [0.717, 1.165) is 30.0 Å². The number of rotatable bonds is 9. The Morgan fingerprint density at radius 2 is 1.73 bits per heavy atom. The predicted molar refractivity (Wildman–Crippen MR) is 133 cm³/mol. The van der Waals surface area contributed by atoms with Crippen LogP contribution in [0.2, 0.25) is 0 Å². The topological polar surface area (TPSA) is 98.5 Å². The molecule has 37 heavy (non-hydrogen) atoms. The van der Waals surface area contributed by atoms with Crippen LogP contribution in [0.1, 0.15) is 30.4 Å². The van der Waals surface area contributed by atoms with Gasteiger partial charge in [0.05, 0.1) is 17.2 Å². The van der Waals surface area contributed by atoms with Gasteiger partial charge >= 0.3 is 0 Å². The second kappa shape index (κ2) is 10.5. The zero-order valence-electron chi connectivity index (χ0n) is 20.1. The number of carbonyl (C=O) groups is 1. The number of primary amides is 1. The molecule has 0 bridgehead atoms. The first-order chi connectivity index (χ1) is 17.5. The zero-order chi connectivity index (χ0) is 26.8. The van der Waals surface area contributed by atoms with Crippen molar-refractivity contribution in [2.24, 2.45) is 11.1 Å². The van der Waals surface area contributed by atoms with Gasteiger partial charge in [0.25, 0.3) is 0 Å². The van der Waals surface area contributed by atoms with Crippen LogP contribution >= 0.6 is 0 Å². The third-order valence-electron chi connectivity index (χ3n) is 6.66. The lowest BCUT2D eigenvalue weighted by atomic mass is 9.78. The lowest BCUT2D eigenvalue weighted by molar-refractivity contribution is -0.127. The average molecular weight is 533 g/mol. The molecule has 1 amide bonds. The number of nitrogens with one attached hydrogen (secondary N) is 1. The van der Waals surface area contributed by atoms with Crippen molar-refractivity contribution in [3.8, 4) is 16.9 Å². The Labute approximate surface area is 213 Å². The van der Waals surface area contributed by atoms with Gasteiger partial charge in [0.15, 0.2) is 11.6 Å². The molecule has 1 saturated carbocycles. The number of benzene rings is 3.